The Hall–Kier alpha value is -2.35. The maximum atomic E-state index is 12.8. The van der Waals surface area contributed by atoms with E-state index in [0.717, 1.165) is 11.1 Å². The molecule has 0 saturated carbocycles. The van der Waals surface area contributed by atoms with E-state index < -0.39 is 15.9 Å². The van der Waals surface area contributed by atoms with Crippen LogP contribution in [-0.2, 0) is 16.4 Å². The first-order chi connectivity index (χ1) is 12.4. The number of hydrogen-bond donors (Lipinski definition) is 1. The first-order valence-corrected chi connectivity index (χ1v) is 10.6. The molecule has 3 rings (SSSR count). The Morgan fingerprint density at radius 2 is 2.08 bits per heavy atom. The Kier molecular flexibility index (Phi) is 5.31. The van der Waals surface area contributed by atoms with Gasteiger partial charge in [0.25, 0.3) is 0 Å². The molecule has 2 unspecified atom stereocenters. The van der Waals surface area contributed by atoms with Gasteiger partial charge in [-0.3, -0.25) is 4.68 Å². The average Bonchev–Trinajstić information content (AvgIpc) is 3.10. The zero-order valence-corrected chi connectivity index (χ0v) is 15.8. The van der Waals surface area contributed by atoms with Gasteiger partial charge in [-0.1, -0.05) is 30.3 Å². The molecule has 2 heterocycles. The van der Waals surface area contributed by atoms with E-state index in [9.17, 15) is 13.2 Å². The lowest BCUT2D eigenvalue weighted by molar-refractivity contribution is 0.178. The molecule has 0 aliphatic carbocycles. The molecule has 2 atom stereocenters. The van der Waals surface area contributed by atoms with Crippen molar-refractivity contribution in [3.63, 3.8) is 0 Å². The molecule has 1 aliphatic rings. The molecule has 2 amide bonds. The number of carbonyl (C=O) groups is 1. The van der Waals surface area contributed by atoms with E-state index in [2.05, 4.69) is 10.4 Å². The van der Waals surface area contributed by atoms with Crippen LogP contribution in [0.4, 0.5) is 4.79 Å². The minimum absolute atomic E-state index is 0.0153. The molecule has 1 aromatic carbocycles. The summed E-state index contributed by atoms with van der Waals surface area (Å²) in [5.74, 6) is -0.0892. The Labute approximate surface area is 153 Å². The highest BCUT2D eigenvalue weighted by atomic mass is 32.2. The Morgan fingerprint density at radius 3 is 2.73 bits per heavy atom. The highest BCUT2D eigenvalue weighted by Gasteiger charge is 2.36. The van der Waals surface area contributed by atoms with Crippen molar-refractivity contribution in [1.29, 1.82) is 0 Å². The Bertz CT molecular complexity index is 864. The summed E-state index contributed by atoms with van der Waals surface area (Å²) < 4.78 is 26.0. The number of sulfone groups is 1. The fraction of sp³-hybridized carbons (Fsp3) is 0.444. The van der Waals surface area contributed by atoms with E-state index >= 15 is 0 Å². The van der Waals surface area contributed by atoms with Crippen molar-refractivity contribution < 1.29 is 13.2 Å². The standard InChI is InChI=1S/C18H24N4O3S/c1-3-21-12-16(11-19-21)17-13-26(24,25)10-9-22(17)18(23)20-14(2)15-7-5-4-6-8-15/h4-8,11-12,14,17H,3,9-10,13H2,1-2H3,(H,20,23). The van der Waals surface area contributed by atoms with Gasteiger partial charge in [-0.05, 0) is 19.4 Å². The third kappa shape index (κ3) is 4.07. The van der Waals surface area contributed by atoms with Crippen molar-refractivity contribution in [2.45, 2.75) is 32.5 Å². The molecule has 1 aliphatic heterocycles. The zero-order chi connectivity index (χ0) is 18.7. The van der Waals surface area contributed by atoms with Crippen LogP contribution in [0, 0.1) is 0 Å². The van der Waals surface area contributed by atoms with Crippen LogP contribution in [0.5, 0.6) is 0 Å². The van der Waals surface area contributed by atoms with Crippen LogP contribution in [0.1, 0.15) is 37.1 Å². The summed E-state index contributed by atoms with van der Waals surface area (Å²) in [7, 11) is -3.18. The predicted octanol–water partition coefficient (Wildman–Crippen LogP) is 2.15. The number of hydrogen-bond acceptors (Lipinski definition) is 4. The number of carbonyl (C=O) groups excluding carboxylic acids is 1. The van der Waals surface area contributed by atoms with E-state index in [1.165, 1.54) is 0 Å². The van der Waals surface area contributed by atoms with E-state index in [-0.39, 0.29) is 30.1 Å². The van der Waals surface area contributed by atoms with Crippen molar-refractivity contribution in [3.8, 4) is 0 Å². The number of benzene rings is 1. The lowest BCUT2D eigenvalue weighted by atomic mass is 10.1. The van der Waals surface area contributed by atoms with E-state index in [4.69, 9.17) is 0 Å². The van der Waals surface area contributed by atoms with Crippen LogP contribution in [-0.4, -0.2) is 47.2 Å². The molecule has 7 nitrogen and oxygen atoms in total. The largest absolute Gasteiger partial charge is 0.331 e. The fourth-order valence-corrected chi connectivity index (χ4v) is 4.64. The lowest BCUT2D eigenvalue weighted by Crippen LogP contribution is -2.50. The lowest BCUT2D eigenvalue weighted by Gasteiger charge is -2.35. The molecule has 0 radical (unpaired) electrons. The van der Waals surface area contributed by atoms with Crippen LogP contribution in [0.3, 0.4) is 0 Å². The predicted molar refractivity (Wildman–Crippen MR) is 99.4 cm³/mol. The molecule has 1 fully saturated rings. The SMILES string of the molecule is CCn1cc(C2CS(=O)(=O)CCN2C(=O)NC(C)c2ccccc2)cn1. The van der Waals surface area contributed by atoms with Crippen LogP contribution >= 0.6 is 0 Å². The minimum Gasteiger partial charge on any atom is -0.331 e. The van der Waals surface area contributed by atoms with E-state index in [1.54, 1.807) is 15.8 Å². The number of aryl methyl sites for hydroxylation is 1. The Morgan fingerprint density at radius 1 is 1.35 bits per heavy atom. The molecule has 8 heteroatoms. The summed E-state index contributed by atoms with van der Waals surface area (Å²) in [6, 6.07) is 8.74. The number of rotatable bonds is 4. The summed E-state index contributed by atoms with van der Waals surface area (Å²) in [6.45, 7) is 4.74. The number of nitrogens with zero attached hydrogens (tertiary/aromatic N) is 3. The van der Waals surface area contributed by atoms with Crippen LogP contribution in [0.2, 0.25) is 0 Å². The first kappa shape index (κ1) is 18.4. The number of amides is 2. The number of nitrogens with one attached hydrogen (secondary N) is 1. The van der Waals surface area contributed by atoms with E-state index in [0.29, 0.717) is 6.54 Å². The number of aromatic nitrogens is 2. The van der Waals surface area contributed by atoms with Gasteiger partial charge in [0.15, 0.2) is 9.84 Å². The highest BCUT2D eigenvalue weighted by molar-refractivity contribution is 7.91. The smallest absolute Gasteiger partial charge is 0.318 e. The van der Waals surface area contributed by atoms with Gasteiger partial charge >= 0.3 is 6.03 Å². The van der Waals surface area contributed by atoms with Crippen molar-refractivity contribution in [1.82, 2.24) is 20.0 Å². The van der Waals surface area contributed by atoms with E-state index in [1.807, 2.05) is 50.4 Å². The fourth-order valence-electron chi connectivity index (χ4n) is 3.14. The minimum atomic E-state index is -3.18. The van der Waals surface area contributed by atoms with Gasteiger partial charge in [-0.2, -0.15) is 5.10 Å². The van der Waals surface area contributed by atoms with Crippen molar-refractivity contribution >= 4 is 15.9 Å². The summed E-state index contributed by atoms with van der Waals surface area (Å²) in [6.07, 6.45) is 3.46. The van der Waals surface area contributed by atoms with Crippen molar-refractivity contribution in [2.24, 2.45) is 0 Å². The monoisotopic (exact) mass is 376 g/mol. The zero-order valence-electron chi connectivity index (χ0n) is 15.0. The van der Waals surface area contributed by atoms with Crippen molar-refractivity contribution in [3.05, 3.63) is 53.9 Å². The molecule has 1 saturated heterocycles. The molecule has 2 aromatic rings. The summed E-state index contributed by atoms with van der Waals surface area (Å²) >= 11 is 0. The molecule has 0 bridgehead atoms. The molecule has 140 valence electrons. The molecular formula is C18H24N4O3S. The second kappa shape index (κ2) is 7.49. The average molecular weight is 376 g/mol. The molecule has 0 spiro atoms. The second-order valence-electron chi connectivity index (χ2n) is 6.53. The quantitative estimate of drug-likeness (QED) is 0.886. The van der Waals surface area contributed by atoms with Gasteiger partial charge in [-0.25, -0.2) is 13.2 Å². The molecule has 1 aromatic heterocycles. The van der Waals surface area contributed by atoms with Gasteiger partial charge < -0.3 is 10.2 Å². The van der Waals surface area contributed by atoms with Crippen LogP contribution in [0.25, 0.3) is 0 Å². The number of urea groups is 1. The molecule has 26 heavy (non-hydrogen) atoms. The van der Waals surface area contributed by atoms with Crippen LogP contribution in [0.15, 0.2) is 42.7 Å². The van der Waals surface area contributed by atoms with Gasteiger partial charge in [-0.15, -0.1) is 0 Å². The molecule has 1 N–H and O–H groups in total. The maximum Gasteiger partial charge on any atom is 0.318 e. The molecular weight excluding hydrogens is 352 g/mol. The van der Waals surface area contributed by atoms with Gasteiger partial charge in [0.2, 0.25) is 0 Å². The first-order valence-electron chi connectivity index (χ1n) is 8.74. The summed E-state index contributed by atoms with van der Waals surface area (Å²) in [4.78, 5) is 14.5. The highest BCUT2D eigenvalue weighted by Crippen LogP contribution is 2.27. The normalized spacial score (nSPS) is 20.5. The second-order valence-corrected chi connectivity index (χ2v) is 8.76. The van der Waals surface area contributed by atoms with Gasteiger partial charge in [0, 0.05) is 24.8 Å². The van der Waals surface area contributed by atoms with Crippen molar-refractivity contribution in [2.75, 3.05) is 18.1 Å². The van der Waals surface area contributed by atoms with Crippen LogP contribution < -0.4 is 5.32 Å². The third-order valence-corrected chi connectivity index (χ3v) is 6.32. The third-order valence-electron chi connectivity index (χ3n) is 4.69. The summed E-state index contributed by atoms with van der Waals surface area (Å²) in [5, 5.41) is 7.20. The van der Waals surface area contributed by atoms with Gasteiger partial charge in [0.1, 0.15) is 0 Å². The summed E-state index contributed by atoms with van der Waals surface area (Å²) in [5.41, 5.74) is 1.75. The Balaban J connectivity index is 1.80. The topological polar surface area (TPSA) is 84.3 Å². The maximum absolute atomic E-state index is 12.8. The van der Waals surface area contributed by atoms with Gasteiger partial charge in [0.05, 0.1) is 29.8 Å².